The van der Waals surface area contributed by atoms with Crippen LogP contribution in [-0.4, -0.2) is 36.6 Å². The number of hydrogen-bond donors (Lipinski definition) is 1. The molecule has 1 heterocycles. The van der Waals surface area contributed by atoms with E-state index in [9.17, 15) is 0 Å². The van der Waals surface area contributed by atoms with Crippen LogP contribution >= 0.6 is 0 Å². The van der Waals surface area contributed by atoms with Gasteiger partial charge in [0, 0.05) is 25.2 Å². The van der Waals surface area contributed by atoms with Crippen LogP contribution in [0.5, 0.6) is 0 Å². The Morgan fingerprint density at radius 2 is 2.21 bits per heavy atom. The standard InChI is InChI=1S/C12H26N2/c1-4-5-6-12(3)14-9-7-11(2)13-8-10-14/h11-13H,4-10H2,1-3H3. The van der Waals surface area contributed by atoms with Gasteiger partial charge in [-0.25, -0.2) is 0 Å². The van der Waals surface area contributed by atoms with E-state index in [1.165, 1.54) is 38.8 Å². The third-order valence-electron chi connectivity index (χ3n) is 3.34. The Morgan fingerprint density at radius 3 is 2.93 bits per heavy atom. The lowest BCUT2D eigenvalue weighted by molar-refractivity contribution is 0.209. The summed E-state index contributed by atoms with van der Waals surface area (Å²) in [5, 5.41) is 3.54. The van der Waals surface area contributed by atoms with Crippen LogP contribution in [0.2, 0.25) is 0 Å². The fourth-order valence-corrected chi connectivity index (χ4v) is 2.15. The summed E-state index contributed by atoms with van der Waals surface area (Å²) in [4.78, 5) is 2.64. The Kier molecular flexibility index (Phi) is 5.49. The molecule has 0 amide bonds. The summed E-state index contributed by atoms with van der Waals surface area (Å²) < 4.78 is 0. The van der Waals surface area contributed by atoms with Crippen molar-refractivity contribution in [3.05, 3.63) is 0 Å². The van der Waals surface area contributed by atoms with Gasteiger partial charge in [-0.2, -0.15) is 0 Å². The summed E-state index contributed by atoms with van der Waals surface area (Å²) in [6, 6.07) is 1.49. The molecule has 0 aromatic carbocycles. The molecule has 1 aliphatic heterocycles. The van der Waals surface area contributed by atoms with E-state index < -0.39 is 0 Å². The minimum absolute atomic E-state index is 0.707. The second-order valence-electron chi connectivity index (χ2n) is 4.67. The zero-order chi connectivity index (χ0) is 10.4. The van der Waals surface area contributed by atoms with Crippen LogP contribution in [0.15, 0.2) is 0 Å². The van der Waals surface area contributed by atoms with Crippen molar-refractivity contribution in [3.63, 3.8) is 0 Å². The van der Waals surface area contributed by atoms with Crippen LogP contribution in [0.3, 0.4) is 0 Å². The molecule has 1 N–H and O–H groups in total. The Morgan fingerprint density at radius 1 is 1.43 bits per heavy atom. The van der Waals surface area contributed by atoms with Gasteiger partial charge in [0.1, 0.15) is 0 Å². The second kappa shape index (κ2) is 6.41. The van der Waals surface area contributed by atoms with Gasteiger partial charge in [-0.3, -0.25) is 4.90 Å². The average Bonchev–Trinajstić information content (AvgIpc) is 2.39. The maximum absolute atomic E-state index is 3.54. The molecule has 2 heteroatoms. The summed E-state index contributed by atoms with van der Waals surface area (Å²) in [6.45, 7) is 10.6. The summed E-state index contributed by atoms with van der Waals surface area (Å²) in [6.07, 6.45) is 5.37. The van der Waals surface area contributed by atoms with E-state index in [-0.39, 0.29) is 0 Å². The smallest absolute Gasteiger partial charge is 0.0110 e. The highest BCUT2D eigenvalue weighted by Crippen LogP contribution is 2.11. The molecular formula is C12H26N2. The van der Waals surface area contributed by atoms with Gasteiger partial charge < -0.3 is 5.32 Å². The van der Waals surface area contributed by atoms with Crippen molar-refractivity contribution in [1.82, 2.24) is 10.2 Å². The van der Waals surface area contributed by atoms with E-state index in [0.29, 0.717) is 6.04 Å². The molecule has 0 radical (unpaired) electrons. The maximum Gasteiger partial charge on any atom is 0.0110 e. The molecular weight excluding hydrogens is 172 g/mol. The van der Waals surface area contributed by atoms with Crippen LogP contribution in [0, 0.1) is 0 Å². The minimum Gasteiger partial charge on any atom is -0.313 e. The van der Waals surface area contributed by atoms with Crippen LogP contribution in [0.1, 0.15) is 46.5 Å². The molecule has 0 aliphatic carbocycles. The maximum atomic E-state index is 3.54. The molecule has 1 fully saturated rings. The fraction of sp³-hybridized carbons (Fsp3) is 1.00. The topological polar surface area (TPSA) is 15.3 Å². The van der Waals surface area contributed by atoms with Crippen molar-refractivity contribution in [2.45, 2.75) is 58.5 Å². The molecule has 0 saturated carbocycles. The van der Waals surface area contributed by atoms with Gasteiger partial charge in [-0.05, 0) is 33.2 Å². The average molecular weight is 198 g/mol. The first-order chi connectivity index (χ1) is 6.74. The lowest BCUT2D eigenvalue weighted by atomic mass is 10.1. The predicted octanol–water partition coefficient (Wildman–Crippen LogP) is 2.25. The van der Waals surface area contributed by atoms with Crippen molar-refractivity contribution in [2.24, 2.45) is 0 Å². The minimum atomic E-state index is 0.707. The van der Waals surface area contributed by atoms with E-state index in [4.69, 9.17) is 0 Å². The molecule has 1 rings (SSSR count). The number of rotatable bonds is 4. The molecule has 1 saturated heterocycles. The Labute approximate surface area is 89.1 Å². The van der Waals surface area contributed by atoms with Gasteiger partial charge >= 0.3 is 0 Å². The quantitative estimate of drug-likeness (QED) is 0.745. The van der Waals surface area contributed by atoms with Crippen molar-refractivity contribution in [3.8, 4) is 0 Å². The molecule has 2 nitrogen and oxygen atoms in total. The van der Waals surface area contributed by atoms with E-state index in [1.54, 1.807) is 0 Å². The van der Waals surface area contributed by atoms with Crippen LogP contribution in [0.25, 0.3) is 0 Å². The summed E-state index contributed by atoms with van der Waals surface area (Å²) >= 11 is 0. The van der Waals surface area contributed by atoms with Crippen molar-refractivity contribution in [2.75, 3.05) is 19.6 Å². The molecule has 1 aliphatic rings. The molecule has 2 atom stereocenters. The van der Waals surface area contributed by atoms with E-state index >= 15 is 0 Å². The SMILES string of the molecule is CCCCC(C)N1CCNC(C)CC1. The highest BCUT2D eigenvalue weighted by atomic mass is 15.2. The first-order valence-electron chi connectivity index (χ1n) is 6.21. The summed E-state index contributed by atoms with van der Waals surface area (Å²) in [7, 11) is 0. The second-order valence-corrected chi connectivity index (χ2v) is 4.67. The summed E-state index contributed by atoms with van der Waals surface area (Å²) in [5.41, 5.74) is 0. The van der Waals surface area contributed by atoms with Gasteiger partial charge in [-0.1, -0.05) is 19.8 Å². The number of nitrogens with zero attached hydrogens (tertiary/aromatic N) is 1. The molecule has 0 aromatic heterocycles. The van der Waals surface area contributed by atoms with Crippen LogP contribution in [0.4, 0.5) is 0 Å². The van der Waals surface area contributed by atoms with E-state index in [1.807, 2.05) is 0 Å². The van der Waals surface area contributed by atoms with E-state index in [0.717, 1.165) is 12.6 Å². The highest BCUT2D eigenvalue weighted by Gasteiger charge is 2.17. The first kappa shape index (κ1) is 12.0. The fourth-order valence-electron chi connectivity index (χ4n) is 2.15. The number of hydrogen-bond acceptors (Lipinski definition) is 2. The van der Waals surface area contributed by atoms with Crippen LogP contribution < -0.4 is 5.32 Å². The third-order valence-corrected chi connectivity index (χ3v) is 3.34. The Bertz CT molecular complexity index is 147. The lowest BCUT2D eigenvalue weighted by Crippen LogP contribution is -2.35. The molecule has 14 heavy (non-hydrogen) atoms. The van der Waals surface area contributed by atoms with Crippen molar-refractivity contribution < 1.29 is 0 Å². The molecule has 84 valence electrons. The lowest BCUT2D eigenvalue weighted by Gasteiger charge is -2.27. The van der Waals surface area contributed by atoms with Crippen LogP contribution in [-0.2, 0) is 0 Å². The zero-order valence-corrected chi connectivity index (χ0v) is 10.1. The first-order valence-corrected chi connectivity index (χ1v) is 6.21. The largest absolute Gasteiger partial charge is 0.313 e. The molecule has 2 unspecified atom stereocenters. The van der Waals surface area contributed by atoms with Gasteiger partial charge in [0.05, 0.1) is 0 Å². The van der Waals surface area contributed by atoms with Gasteiger partial charge in [0.15, 0.2) is 0 Å². The number of unbranched alkanes of at least 4 members (excludes halogenated alkanes) is 1. The molecule has 0 spiro atoms. The molecule has 0 bridgehead atoms. The summed E-state index contributed by atoms with van der Waals surface area (Å²) in [5.74, 6) is 0. The van der Waals surface area contributed by atoms with Gasteiger partial charge in [0.2, 0.25) is 0 Å². The van der Waals surface area contributed by atoms with E-state index in [2.05, 4.69) is 31.0 Å². The Hall–Kier alpha value is -0.0800. The normalized spacial score (nSPS) is 27.2. The monoisotopic (exact) mass is 198 g/mol. The Balaban J connectivity index is 2.27. The third kappa shape index (κ3) is 3.97. The van der Waals surface area contributed by atoms with Crippen molar-refractivity contribution in [1.29, 1.82) is 0 Å². The van der Waals surface area contributed by atoms with Gasteiger partial charge in [0.25, 0.3) is 0 Å². The highest BCUT2D eigenvalue weighted by molar-refractivity contribution is 4.75. The van der Waals surface area contributed by atoms with Crippen molar-refractivity contribution >= 4 is 0 Å². The zero-order valence-electron chi connectivity index (χ0n) is 10.1. The predicted molar refractivity (Wildman–Crippen MR) is 62.6 cm³/mol. The molecule has 0 aromatic rings. The number of nitrogens with one attached hydrogen (secondary N) is 1. The van der Waals surface area contributed by atoms with Gasteiger partial charge in [-0.15, -0.1) is 0 Å².